The Kier molecular flexibility index (Phi) is 4.64. The lowest BCUT2D eigenvalue weighted by molar-refractivity contribution is -0.127. The highest BCUT2D eigenvalue weighted by Crippen LogP contribution is 2.14. The molecule has 3 rings (SSSR count). The molecule has 0 aliphatic carbocycles. The van der Waals surface area contributed by atoms with Gasteiger partial charge in [-0.05, 0) is 42.7 Å². The molecule has 5 nitrogen and oxygen atoms in total. The Hall–Kier alpha value is -2.63. The maximum absolute atomic E-state index is 12.9. The molecule has 2 heterocycles. The fourth-order valence-corrected chi connectivity index (χ4v) is 2.90. The van der Waals surface area contributed by atoms with Gasteiger partial charge in [0.1, 0.15) is 11.5 Å². The molecule has 0 radical (unpaired) electrons. The molecular formula is C18H20FN3O2. The van der Waals surface area contributed by atoms with Crippen LogP contribution < -0.4 is 5.32 Å². The van der Waals surface area contributed by atoms with Crippen LogP contribution >= 0.6 is 0 Å². The van der Waals surface area contributed by atoms with E-state index in [9.17, 15) is 14.0 Å². The van der Waals surface area contributed by atoms with Crippen LogP contribution in [0.1, 0.15) is 28.0 Å². The average Bonchev–Trinajstić information content (AvgIpc) is 3.13. The van der Waals surface area contributed by atoms with E-state index >= 15 is 0 Å². The zero-order chi connectivity index (χ0) is 17.1. The van der Waals surface area contributed by atoms with Crippen LogP contribution in [-0.2, 0) is 11.2 Å². The van der Waals surface area contributed by atoms with Crippen LogP contribution in [0.15, 0.2) is 36.5 Å². The van der Waals surface area contributed by atoms with Gasteiger partial charge in [0.15, 0.2) is 0 Å². The Morgan fingerprint density at radius 1 is 1.38 bits per heavy atom. The average molecular weight is 329 g/mol. The first-order valence-corrected chi connectivity index (χ1v) is 7.99. The van der Waals surface area contributed by atoms with Crippen molar-refractivity contribution in [3.05, 3.63) is 59.2 Å². The van der Waals surface area contributed by atoms with Crippen molar-refractivity contribution in [2.24, 2.45) is 0 Å². The summed E-state index contributed by atoms with van der Waals surface area (Å²) >= 11 is 0. The normalized spacial score (nSPS) is 17.3. The van der Waals surface area contributed by atoms with Gasteiger partial charge in [-0.15, -0.1) is 0 Å². The van der Waals surface area contributed by atoms with Crippen molar-refractivity contribution in [2.45, 2.75) is 25.8 Å². The lowest BCUT2D eigenvalue weighted by Gasteiger charge is -2.17. The van der Waals surface area contributed by atoms with Crippen LogP contribution in [0.2, 0.25) is 0 Å². The van der Waals surface area contributed by atoms with Crippen molar-refractivity contribution in [1.82, 2.24) is 15.2 Å². The lowest BCUT2D eigenvalue weighted by atomic mass is 10.1. The van der Waals surface area contributed by atoms with Gasteiger partial charge in [0.05, 0.1) is 6.04 Å². The second kappa shape index (κ2) is 6.86. The van der Waals surface area contributed by atoms with Crippen LogP contribution in [0.4, 0.5) is 4.39 Å². The summed E-state index contributed by atoms with van der Waals surface area (Å²) < 4.78 is 12.9. The smallest absolute Gasteiger partial charge is 0.267 e. The summed E-state index contributed by atoms with van der Waals surface area (Å²) in [4.78, 5) is 28.9. The predicted octanol–water partition coefficient (Wildman–Crippen LogP) is 2.04. The highest BCUT2D eigenvalue weighted by Gasteiger charge is 2.30. The fourth-order valence-electron chi connectivity index (χ4n) is 2.90. The summed E-state index contributed by atoms with van der Waals surface area (Å²) in [7, 11) is 0. The van der Waals surface area contributed by atoms with Crippen molar-refractivity contribution in [3.63, 3.8) is 0 Å². The molecule has 1 saturated heterocycles. The van der Waals surface area contributed by atoms with Crippen LogP contribution in [0, 0.1) is 12.7 Å². The Morgan fingerprint density at radius 2 is 2.12 bits per heavy atom. The number of rotatable bonds is 5. The number of H-pyrrole nitrogens is 1. The minimum atomic E-state index is -0.265. The largest absolute Gasteiger partial charge is 0.357 e. The molecule has 1 aliphatic rings. The topological polar surface area (TPSA) is 65.2 Å². The maximum atomic E-state index is 12.9. The Labute approximate surface area is 139 Å². The highest BCUT2D eigenvalue weighted by atomic mass is 19.1. The molecular weight excluding hydrogens is 309 g/mol. The third kappa shape index (κ3) is 3.82. The molecule has 1 atom stereocenters. The van der Waals surface area contributed by atoms with Crippen LogP contribution in [-0.4, -0.2) is 40.8 Å². The molecule has 0 spiro atoms. The first-order chi connectivity index (χ1) is 11.5. The second-order valence-corrected chi connectivity index (χ2v) is 6.18. The molecule has 24 heavy (non-hydrogen) atoms. The van der Waals surface area contributed by atoms with Gasteiger partial charge in [0.25, 0.3) is 5.91 Å². The summed E-state index contributed by atoms with van der Waals surface area (Å²) in [5.74, 6) is -0.426. The molecule has 1 aliphatic heterocycles. The van der Waals surface area contributed by atoms with E-state index in [4.69, 9.17) is 0 Å². The molecule has 1 aromatic heterocycles. The number of aromatic amines is 1. The number of amides is 2. The second-order valence-electron chi connectivity index (χ2n) is 6.18. The van der Waals surface area contributed by atoms with Gasteiger partial charge in [-0.1, -0.05) is 12.1 Å². The summed E-state index contributed by atoms with van der Waals surface area (Å²) in [6.45, 7) is 2.98. The molecule has 0 saturated carbocycles. The van der Waals surface area contributed by atoms with E-state index in [1.165, 1.54) is 12.1 Å². The number of benzene rings is 1. The summed E-state index contributed by atoms with van der Waals surface area (Å²) in [6.07, 6.45) is 2.75. The van der Waals surface area contributed by atoms with E-state index in [1.807, 2.05) is 6.92 Å². The number of hydrogen-bond acceptors (Lipinski definition) is 2. The number of carbonyl (C=O) groups excluding carboxylic acids is 2. The molecule has 2 amide bonds. The fraction of sp³-hybridized carbons (Fsp3) is 0.333. The van der Waals surface area contributed by atoms with Crippen LogP contribution in [0.3, 0.4) is 0 Å². The van der Waals surface area contributed by atoms with Gasteiger partial charge in [0.2, 0.25) is 5.91 Å². The molecule has 126 valence electrons. The van der Waals surface area contributed by atoms with E-state index in [-0.39, 0.29) is 23.7 Å². The number of aryl methyl sites for hydroxylation is 1. The van der Waals surface area contributed by atoms with E-state index in [0.717, 1.165) is 11.1 Å². The number of hydrogen-bond donors (Lipinski definition) is 2. The van der Waals surface area contributed by atoms with Crippen molar-refractivity contribution < 1.29 is 14.0 Å². The highest BCUT2D eigenvalue weighted by molar-refractivity contribution is 5.93. The van der Waals surface area contributed by atoms with Crippen molar-refractivity contribution >= 4 is 11.8 Å². The van der Waals surface area contributed by atoms with Gasteiger partial charge in [-0.2, -0.15) is 0 Å². The molecule has 6 heteroatoms. The predicted molar refractivity (Wildman–Crippen MR) is 88.1 cm³/mol. The number of carbonyl (C=O) groups is 2. The van der Waals surface area contributed by atoms with Crippen molar-refractivity contribution in [3.8, 4) is 0 Å². The maximum Gasteiger partial charge on any atom is 0.267 e. The lowest BCUT2D eigenvalue weighted by Crippen LogP contribution is -2.37. The third-order valence-electron chi connectivity index (χ3n) is 4.21. The van der Waals surface area contributed by atoms with E-state index in [2.05, 4.69) is 10.3 Å². The summed E-state index contributed by atoms with van der Waals surface area (Å²) in [5, 5.41) is 2.89. The standard InChI is InChI=1S/C18H20FN3O2/c1-12-8-16(20-10-12)18(24)21-15-9-17(23)22(11-15)7-6-13-2-4-14(19)5-3-13/h2-5,8,10,15,20H,6-7,9,11H2,1H3,(H,21,24). The number of aromatic nitrogens is 1. The summed E-state index contributed by atoms with van der Waals surface area (Å²) in [6, 6.07) is 7.89. The van der Waals surface area contributed by atoms with Crippen molar-refractivity contribution in [1.29, 1.82) is 0 Å². The monoisotopic (exact) mass is 329 g/mol. The minimum absolute atomic E-state index is 0.0325. The number of halogens is 1. The van der Waals surface area contributed by atoms with E-state index < -0.39 is 0 Å². The molecule has 0 bridgehead atoms. The minimum Gasteiger partial charge on any atom is -0.357 e. The molecule has 1 fully saturated rings. The van der Waals surface area contributed by atoms with Gasteiger partial charge in [0, 0.05) is 25.7 Å². The molecule has 1 unspecified atom stereocenters. The SMILES string of the molecule is Cc1c[nH]c(C(=O)NC2CC(=O)N(CCc3ccc(F)cc3)C2)c1. The van der Waals surface area contributed by atoms with Gasteiger partial charge >= 0.3 is 0 Å². The van der Waals surface area contributed by atoms with Gasteiger partial charge < -0.3 is 15.2 Å². The van der Waals surface area contributed by atoms with Gasteiger partial charge in [-0.3, -0.25) is 9.59 Å². The number of nitrogens with one attached hydrogen (secondary N) is 2. The molecule has 2 aromatic rings. The number of likely N-dealkylation sites (tertiary alicyclic amines) is 1. The van der Waals surface area contributed by atoms with Crippen LogP contribution in [0.25, 0.3) is 0 Å². The quantitative estimate of drug-likeness (QED) is 0.881. The van der Waals surface area contributed by atoms with Gasteiger partial charge in [-0.25, -0.2) is 4.39 Å². The van der Waals surface area contributed by atoms with Crippen molar-refractivity contribution in [2.75, 3.05) is 13.1 Å². The number of nitrogens with zero attached hydrogens (tertiary/aromatic N) is 1. The summed E-state index contributed by atoms with van der Waals surface area (Å²) in [5.41, 5.74) is 2.48. The Bertz CT molecular complexity index is 739. The Morgan fingerprint density at radius 3 is 2.79 bits per heavy atom. The van der Waals surface area contributed by atoms with Crippen LogP contribution in [0.5, 0.6) is 0 Å². The van der Waals surface area contributed by atoms with E-state index in [1.54, 1.807) is 29.3 Å². The first-order valence-electron chi connectivity index (χ1n) is 7.99. The zero-order valence-electron chi connectivity index (χ0n) is 13.5. The third-order valence-corrected chi connectivity index (χ3v) is 4.21. The van der Waals surface area contributed by atoms with E-state index in [0.29, 0.717) is 31.6 Å². The first kappa shape index (κ1) is 16.2. The molecule has 2 N–H and O–H groups in total. The Balaban J connectivity index is 1.51. The molecule has 1 aromatic carbocycles. The zero-order valence-corrected chi connectivity index (χ0v) is 13.5.